The van der Waals surface area contributed by atoms with Gasteiger partial charge in [-0.05, 0) is 76.0 Å². The van der Waals surface area contributed by atoms with Crippen molar-refractivity contribution < 1.29 is 4.39 Å². The normalized spacial score (nSPS) is 16.0. The second kappa shape index (κ2) is 9.26. The van der Waals surface area contributed by atoms with Gasteiger partial charge in [-0.1, -0.05) is 0 Å². The zero-order valence-electron chi connectivity index (χ0n) is 12.9. The Morgan fingerprint density at radius 2 is 2.17 bits per heavy atom. The van der Waals surface area contributed by atoms with Gasteiger partial charge in [-0.3, -0.25) is 5.41 Å². The van der Waals surface area contributed by atoms with Crippen molar-refractivity contribution in [3.63, 3.8) is 0 Å². The Labute approximate surface area is 162 Å². The summed E-state index contributed by atoms with van der Waals surface area (Å²) in [6.07, 6.45) is 6.07. The summed E-state index contributed by atoms with van der Waals surface area (Å²) in [6.45, 7) is 0. The van der Waals surface area contributed by atoms with Crippen LogP contribution in [0.25, 0.3) is 0 Å². The van der Waals surface area contributed by atoms with Crippen molar-refractivity contribution in [1.29, 1.82) is 10.8 Å². The van der Waals surface area contributed by atoms with Crippen LogP contribution in [0.1, 0.15) is 25.7 Å². The maximum Gasteiger partial charge on any atom is 0.124 e. The molecule has 0 atom stereocenters. The zero-order chi connectivity index (χ0) is 17.5. The molecule has 0 saturated heterocycles. The van der Waals surface area contributed by atoms with E-state index < -0.39 is 0 Å². The molecule has 5 nitrogen and oxygen atoms in total. The Morgan fingerprint density at radius 1 is 1.42 bits per heavy atom. The van der Waals surface area contributed by atoms with Gasteiger partial charge in [0.2, 0.25) is 0 Å². The van der Waals surface area contributed by atoms with E-state index in [1.165, 1.54) is 24.8 Å². The van der Waals surface area contributed by atoms with Gasteiger partial charge < -0.3 is 16.0 Å². The maximum atomic E-state index is 13.2. The number of halogens is 3. The van der Waals surface area contributed by atoms with Gasteiger partial charge in [0, 0.05) is 27.8 Å². The number of amidine groups is 1. The van der Waals surface area contributed by atoms with Gasteiger partial charge in [0.25, 0.3) is 0 Å². The molecule has 0 unspecified atom stereocenters. The molecular weight excluding hydrogens is 488 g/mol. The fourth-order valence-electron chi connectivity index (χ4n) is 2.14. The highest BCUT2D eigenvalue weighted by Crippen LogP contribution is 2.23. The lowest BCUT2D eigenvalue weighted by Crippen LogP contribution is -2.33. The van der Waals surface area contributed by atoms with E-state index in [4.69, 9.17) is 10.8 Å². The molecule has 0 aromatic heterocycles. The van der Waals surface area contributed by atoms with Crippen LogP contribution in [-0.4, -0.2) is 24.4 Å². The van der Waals surface area contributed by atoms with E-state index in [2.05, 4.69) is 31.6 Å². The van der Waals surface area contributed by atoms with Gasteiger partial charge in [-0.2, -0.15) is 0 Å². The molecule has 8 heteroatoms. The van der Waals surface area contributed by atoms with Gasteiger partial charge in [-0.25, -0.2) is 9.38 Å². The fraction of sp³-hybridized carbons (Fsp3) is 0.312. The summed E-state index contributed by atoms with van der Waals surface area (Å²) < 4.78 is 14.7. The molecule has 128 valence electrons. The van der Waals surface area contributed by atoms with Crippen molar-refractivity contribution >= 4 is 62.6 Å². The van der Waals surface area contributed by atoms with Gasteiger partial charge >= 0.3 is 0 Å². The van der Waals surface area contributed by atoms with Crippen LogP contribution < -0.4 is 10.6 Å². The molecule has 2 rings (SSSR count). The lowest BCUT2D eigenvalue weighted by molar-refractivity contribution is 0.370. The Hall–Kier alpha value is -1.29. The van der Waals surface area contributed by atoms with E-state index in [0.717, 1.165) is 32.9 Å². The first kappa shape index (κ1) is 19.0. The molecule has 0 spiro atoms. The highest BCUT2D eigenvalue weighted by atomic mass is 127. The highest BCUT2D eigenvalue weighted by molar-refractivity contribution is 14.1. The summed E-state index contributed by atoms with van der Waals surface area (Å²) in [6, 6.07) is 4.87. The van der Waals surface area contributed by atoms with Crippen LogP contribution in [-0.2, 0) is 0 Å². The van der Waals surface area contributed by atoms with E-state index in [0.29, 0.717) is 24.0 Å². The molecule has 1 aliphatic carbocycles. The molecule has 1 aromatic carbocycles. The molecule has 4 N–H and O–H groups in total. The average molecular weight is 506 g/mol. The average Bonchev–Trinajstić information content (AvgIpc) is 2.51. The van der Waals surface area contributed by atoms with Gasteiger partial charge in [0.1, 0.15) is 18.0 Å². The third kappa shape index (κ3) is 5.37. The second-order valence-corrected chi connectivity index (χ2v) is 7.34. The van der Waals surface area contributed by atoms with Gasteiger partial charge in [0.15, 0.2) is 0 Å². The maximum absolute atomic E-state index is 13.2. The van der Waals surface area contributed by atoms with Crippen LogP contribution in [0.4, 0.5) is 10.1 Å². The molecule has 24 heavy (non-hydrogen) atoms. The lowest BCUT2D eigenvalue weighted by Gasteiger charge is -2.28. The molecule has 0 radical (unpaired) electrons. The minimum absolute atomic E-state index is 0.303. The number of anilines is 1. The van der Waals surface area contributed by atoms with E-state index in [9.17, 15) is 4.39 Å². The number of rotatable bonds is 7. The Morgan fingerprint density at radius 3 is 2.71 bits per heavy atom. The number of hydrogen-bond acceptors (Lipinski definition) is 3. The smallest absolute Gasteiger partial charge is 0.124 e. The van der Waals surface area contributed by atoms with E-state index >= 15 is 0 Å². The van der Waals surface area contributed by atoms with Crippen molar-refractivity contribution in [2.45, 2.75) is 31.7 Å². The first-order valence-electron chi connectivity index (χ1n) is 7.47. The monoisotopic (exact) mass is 505 g/mol. The van der Waals surface area contributed by atoms with Crippen LogP contribution in [0, 0.1) is 20.2 Å². The minimum atomic E-state index is -0.303. The molecule has 1 saturated carbocycles. The van der Waals surface area contributed by atoms with Crippen LogP contribution in [0.2, 0.25) is 0 Å². The molecule has 1 aromatic rings. The number of aliphatic imine (C=N–C) groups is 1. The lowest BCUT2D eigenvalue weighted by atomic mass is 9.93. The Bertz CT molecular complexity index is 685. The van der Waals surface area contributed by atoms with Gasteiger partial charge in [-0.15, -0.1) is 0 Å². The van der Waals surface area contributed by atoms with Crippen molar-refractivity contribution in [2.75, 3.05) is 5.32 Å². The molecule has 0 amide bonds. The first-order chi connectivity index (χ1) is 11.5. The third-order valence-corrected chi connectivity index (χ3v) is 5.31. The van der Waals surface area contributed by atoms with E-state index in [-0.39, 0.29) is 5.82 Å². The van der Waals surface area contributed by atoms with E-state index in [1.807, 2.05) is 22.6 Å². The number of nitrogens with one attached hydrogen (secondary N) is 4. The zero-order valence-corrected chi connectivity index (χ0v) is 16.6. The van der Waals surface area contributed by atoms with E-state index in [1.54, 1.807) is 6.07 Å². The Kier molecular flexibility index (Phi) is 7.35. The first-order valence-corrected chi connectivity index (χ1v) is 9.34. The Balaban J connectivity index is 2.14. The summed E-state index contributed by atoms with van der Waals surface area (Å²) in [4.78, 5) is 4.03. The fourth-order valence-corrected chi connectivity index (χ4v) is 3.33. The van der Waals surface area contributed by atoms with Crippen molar-refractivity contribution in [3.05, 3.63) is 37.8 Å². The summed E-state index contributed by atoms with van der Waals surface area (Å²) in [7, 11) is 0. The second-order valence-electron chi connectivity index (χ2n) is 5.39. The van der Waals surface area contributed by atoms with Crippen molar-refractivity contribution in [2.24, 2.45) is 4.99 Å². The minimum Gasteiger partial charge on any atom is -0.376 e. The predicted molar refractivity (Wildman–Crippen MR) is 109 cm³/mol. The molecule has 1 fully saturated rings. The number of nitrogens with zero attached hydrogens (tertiary/aromatic N) is 1. The number of hydrogen-bond donors (Lipinski definition) is 4. The van der Waals surface area contributed by atoms with Crippen LogP contribution in [0.5, 0.6) is 0 Å². The third-order valence-electron chi connectivity index (χ3n) is 3.68. The van der Waals surface area contributed by atoms with Gasteiger partial charge in [0.05, 0.1) is 10.3 Å². The van der Waals surface area contributed by atoms with Crippen molar-refractivity contribution in [1.82, 2.24) is 5.32 Å². The van der Waals surface area contributed by atoms with Crippen molar-refractivity contribution in [3.8, 4) is 0 Å². The quantitative estimate of drug-likeness (QED) is 0.188. The molecular formula is C16H18BrFIN5. The number of benzene rings is 1. The molecule has 1 aliphatic rings. The standard InChI is InChI=1S/C16H18BrFIN5/c17-16(23-12-2-1-3-12)10(8-20)6-15(22-9-21)24-14-5-4-11(18)7-13(14)19/h4-5,7-9,12,20,23H,1-3,6H2,(H2,21,22,24)/b16-10-,20-8?. The summed E-state index contributed by atoms with van der Waals surface area (Å²) in [5.41, 5.74) is 1.44. The molecule has 0 bridgehead atoms. The molecule has 0 heterocycles. The predicted octanol–water partition coefficient (Wildman–Crippen LogP) is 4.64. The summed E-state index contributed by atoms with van der Waals surface area (Å²) in [5.74, 6) is 0.211. The topological polar surface area (TPSA) is 84.1 Å². The molecule has 0 aliphatic heterocycles. The summed E-state index contributed by atoms with van der Waals surface area (Å²) >= 11 is 5.53. The van der Waals surface area contributed by atoms with Crippen LogP contribution in [0.3, 0.4) is 0 Å². The van der Waals surface area contributed by atoms with Crippen LogP contribution >= 0.6 is 38.5 Å². The van der Waals surface area contributed by atoms with Crippen LogP contribution in [0.15, 0.2) is 33.4 Å². The summed E-state index contributed by atoms with van der Waals surface area (Å²) in [5, 5.41) is 21.3. The SMILES string of the molecule is N=C/N=C(/C/C(C=N)=C(\Br)NC1CCC1)Nc1ccc(F)cc1I. The highest BCUT2D eigenvalue weighted by Gasteiger charge is 2.18. The largest absolute Gasteiger partial charge is 0.376 e.